The van der Waals surface area contributed by atoms with Crippen LogP contribution >= 0.6 is 0 Å². The van der Waals surface area contributed by atoms with Crippen LogP contribution in [0.2, 0.25) is 0 Å². The average molecular weight is 284 g/mol. The van der Waals surface area contributed by atoms with Crippen molar-refractivity contribution < 1.29 is 17.9 Å². The Kier molecular flexibility index (Phi) is 4.19. The van der Waals surface area contributed by atoms with Crippen molar-refractivity contribution in [2.75, 3.05) is 11.9 Å². The molecule has 0 saturated carbocycles. The van der Waals surface area contributed by atoms with E-state index < -0.39 is 11.7 Å². The van der Waals surface area contributed by atoms with Gasteiger partial charge in [0.2, 0.25) is 0 Å². The quantitative estimate of drug-likeness (QED) is 0.923. The van der Waals surface area contributed by atoms with Crippen LogP contribution in [0, 0.1) is 11.3 Å². The van der Waals surface area contributed by atoms with Crippen LogP contribution in [0.3, 0.4) is 0 Å². The minimum absolute atomic E-state index is 0.0231. The summed E-state index contributed by atoms with van der Waals surface area (Å²) < 4.78 is 44.0. The van der Waals surface area contributed by atoms with E-state index in [0.717, 1.165) is 18.9 Å². The topological polar surface area (TPSA) is 45.0 Å². The van der Waals surface area contributed by atoms with Gasteiger partial charge >= 0.3 is 6.18 Å². The van der Waals surface area contributed by atoms with E-state index in [2.05, 4.69) is 5.32 Å². The fourth-order valence-corrected chi connectivity index (χ4v) is 2.25. The van der Waals surface area contributed by atoms with Crippen molar-refractivity contribution in [2.45, 2.75) is 38.1 Å². The number of nitrogens with zero attached hydrogens (tertiary/aromatic N) is 1. The molecule has 1 fully saturated rings. The molecule has 0 aliphatic carbocycles. The van der Waals surface area contributed by atoms with Gasteiger partial charge in [0.05, 0.1) is 29.4 Å². The lowest BCUT2D eigenvalue weighted by Gasteiger charge is -2.15. The molecule has 0 amide bonds. The molecule has 1 aromatic rings. The van der Waals surface area contributed by atoms with E-state index in [1.165, 1.54) is 12.1 Å². The second kappa shape index (κ2) is 5.71. The van der Waals surface area contributed by atoms with Crippen LogP contribution < -0.4 is 5.32 Å². The van der Waals surface area contributed by atoms with Crippen LogP contribution in [0.5, 0.6) is 0 Å². The Morgan fingerprint density at radius 2 is 2.15 bits per heavy atom. The minimum atomic E-state index is -4.53. The number of hydrogen-bond donors (Lipinski definition) is 1. The van der Waals surface area contributed by atoms with Crippen molar-refractivity contribution in [3.63, 3.8) is 0 Å². The third-order valence-corrected chi connectivity index (χ3v) is 3.30. The van der Waals surface area contributed by atoms with Crippen LogP contribution in [0.1, 0.15) is 30.9 Å². The maximum atomic E-state index is 12.8. The molecule has 3 nitrogen and oxygen atoms in total. The summed E-state index contributed by atoms with van der Waals surface area (Å²) in [6.45, 7) is 2.44. The smallest absolute Gasteiger partial charge is 0.382 e. The van der Waals surface area contributed by atoms with Gasteiger partial charge in [-0.05, 0) is 38.0 Å². The summed E-state index contributed by atoms with van der Waals surface area (Å²) in [6.07, 6.45) is -2.44. The second-order valence-corrected chi connectivity index (χ2v) is 4.90. The van der Waals surface area contributed by atoms with Gasteiger partial charge in [0.15, 0.2) is 0 Å². The first-order valence-electron chi connectivity index (χ1n) is 6.41. The maximum absolute atomic E-state index is 12.8. The summed E-state index contributed by atoms with van der Waals surface area (Å²) in [5.41, 5.74) is -0.932. The highest BCUT2D eigenvalue weighted by Crippen LogP contribution is 2.33. The van der Waals surface area contributed by atoms with Gasteiger partial charge in [0.1, 0.15) is 0 Å². The van der Waals surface area contributed by atoms with E-state index in [-0.39, 0.29) is 17.8 Å². The molecule has 0 spiro atoms. The van der Waals surface area contributed by atoms with Crippen LogP contribution in [0.25, 0.3) is 0 Å². The zero-order valence-corrected chi connectivity index (χ0v) is 11.0. The number of anilines is 1. The largest absolute Gasteiger partial charge is 0.417 e. The summed E-state index contributed by atoms with van der Waals surface area (Å²) in [6, 6.07) is 5.19. The molecular weight excluding hydrogens is 269 g/mol. The Bertz CT molecular complexity index is 522. The van der Waals surface area contributed by atoms with E-state index in [1.54, 1.807) is 6.07 Å². The van der Waals surface area contributed by atoms with Crippen molar-refractivity contribution >= 4 is 5.69 Å². The highest BCUT2D eigenvalue weighted by Gasteiger charge is 2.34. The summed E-state index contributed by atoms with van der Waals surface area (Å²) >= 11 is 0. The van der Waals surface area contributed by atoms with Gasteiger partial charge in [-0.2, -0.15) is 18.4 Å². The van der Waals surface area contributed by atoms with Crippen molar-refractivity contribution in [3.8, 4) is 6.07 Å². The van der Waals surface area contributed by atoms with Gasteiger partial charge in [0.25, 0.3) is 0 Å². The second-order valence-electron chi connectivity index (χ2n) is 4.90. The third kappa shape index (κ3) is 3.42. The van der Waals surface area contributed by atoms with Gasteiger partial charge < -0.3 is 10.1 Å². The number of rotatable bonds is 3. The van der Waals surface area contributed by atoms with Crippen LogP contribution in [0.4, 0.5) is 18.9 Å². The third-order valence-electron chi connectivity index (χ3n) is 3.30. The fourth-order valence-electron chi connectivity index (χ4n) is 2.25. The molecule has 2 atom stereocenters. The number of hydrogen-bond acceptors (Lipinski definition) is 3. The Labute approximate surface area is 115 Å². The molecule has 1 aromatic carbocycles. The molecule has 108 valence electrons. The van der Waals surface area contributed by atoms with Crippen molar-refractivity contribution in [3.05, 3.63) is 29.3 Å². The molecule has 1 aliphatic rings. The van der Waals surface area contributed by atoms with Crippen molar-refractivity contribution in [1.82, 2.24) is 0 Å². The summed E-state index contributed by atoms with van der Waals surface area (Å²) in [7, 11) is 0. The van der Waals surface area contributed by atoms with E-state index in [1.807, 2.05) is 6.92 Å². The number of benzene rings is 1. The first-order chi connectivity index (χ1) is 9.40. The Morgan fingerprint density at radius 1 is 1.40 bits per heavy atom. The predicted octanol–water partition coefficient (Wildman–Crippen LogP) is 3.56. The number of alkyl halides is 3. The van der Waals surface area contributed by atoms with Crippen LogP contribution in [0.15, 0.2) is 18.2 Å². The molecule has 1 saturated heterocycles. The Morgan fingerprint density at radius 3 is 2.70 bits per heavy atom. The highest BCUT2D eigenvalue weighted by atomic mass is 19.4. The summed E-state index contributed by atoms with van der Waals surface area (Å²) in [5.74, 6) is 0. The van der Waals surface area contributed by atoms with Crippen molar-refractivity contribution in [1.29, 1.82) is 5.26 Å². The van der Waals surface area contributed by atoms with Crippen LogP contribution in [-0.2, 0) is 10.9 Å². The predicted molar refractivity (Wildman–Crippen MR) is 68.2 cm³/mol. The highest BCUT2D eigenvalue weighted by molar-refractivity contribution is 5.53. The number of nitriles is 1. The molecule has 20 heavy (non-hydrogen) atoms. The van der Waals surface area contributed by atoms with E-state index in [4.69, 9.17) is 10.00 Å². The average Bonchev–Trinajstić information content (AvgIpc) is 2.81. The molecule has 0 bridgehead atoms. The Hall–Kier alpha value is -1.74. The molecule has 6 heteroatoms. The molecule has 2 rings (SSSR count). The van der Waals surface area contributed by atoms with Gasteiger partial charge in [-0.15, -0.1) is 0 Å². The van der Waals surface area contributed by atoms with E-state index in [9.17, 15) is 13.2 Å². The SMILES string of the molecule is CC1CCC(CNc2ccc(C#N)c(C(F)(F)F)c2)O1. The normalized spacial score (nSPS) is 22.6. The summed E-state index contributed by atoms with van der Waals surface area (Å²) in [5, 5.41) is 11.7. The Balaban J connectivity index is 2.08. The number of halogens is 3. The van der Waals surface area contributed by atoms with Gasteiger partial charge in [0, 0.05) is 12.2 Å². The zero-order chi connectivity index (χ0) is 14.8. The lowest BCUT2D eigenvalue weighted by atomic mass is 10.1. The maximum Gasteiger partial charge on any atom is 0.417 e. The summed E-state index contributed by atoms with van der Waals surface area (Å²) in [4.78, 5) is 0. The van der Waals surface area contributed by atoms with E-state index in [0.29, 0.717) is 12.2 Å². The molecule has 1 heterocycles. The monoisotopic (exact) mass is 284 g/mol. The van der Waals surface area contributed by atoms with Crippen LogP contribution in [-0.4, -0.2) is 18.8 Å². The van der Waals surface area contributed by atoms with Gasteiger partial charge in [-0.3, -0.25) is 0 Å². The number of ether oxygens (including phenoxy) is 1. The first kappa shape index (κ1) is 14.7. The molecule has 1 N–H and O–H groups in total. The first-order valence-corrected chi connectivity index (χ1v) is 6.41. The zero-order valence-electron chi connectivity index (χ0n) is 11.0. The minimum Gasteiger partial charge on any atom is -0.382 e. The van der Waals surface area contributed by atoms with Gasteiger partial charge in [-0.1, -0.05) is 0 Å². The van der Waals surface area contributed by atoms with Crippen molar-refractivity contribution in [2.24, 2.45) is 0 Å². The fraction of sp³-hybridized carbons (Fsp3) is 0.500. The van der Waals surface area contributed by atoms with Gasteiger partial charge in [-0.25, -0.2) is 0 Å². The standard InChI is InChI=1S/C14H15F3N2O/c1-9-2-5-12(20-9)8-19-11-4-3-10(7-18)13(6-11)14(15,16)17/h3-4,6,9,12,19H,2,5,8H2,1H3. The molecule has 0 aromatic heterocycles. The molecular formula is C14H15F3N2O. The molecule has 2 unspecified atom stereocenters. The van der Waals surface area contributed by atoms with E-state index >= 15 is 0 Å². The molecule has 0 radical (unpaired) electrons. The lowest BCUT2D eigenvalue weighted by molar-refractivity contribution is -0.137. The molecule has 1 aliphatic heterocycles. The lowest BCUT2D eigenvalue weighted by Crippen LogP contribution is -2.20. The number of nitrogens with one attached hydrogen (secondary N) is 1.